The van der Waals surface area contributed by atoms with Gasteiger partial charge in [-0.15, -0.1) is 0 Å². The van der Waals surface area contributed by atoms with Gasteiger partial charge in [-0.1, -0.05) is 20.3 Å². The van der Waals surface area contributed by atoms with Crippen LogP contribution >= 0.6 is 0 Å². The molecule has 17 heavy (non-hydrogen) atoms. The minimum Gasteiger partial charge on any atom is -0.315 e. The molecular formula is C14H31N3. The minimum atomic E-state index is 0.690. The molecule has 0 aromatic carbocycles. The molecule has 0 aromatic heterocycles. The second-order valence-electron chi connectivity index (χ2n) is 5.28. The van der Waals surface area contributed by atoms with E-state index >= 15 is 0 Å². The third kappa shape index (κ3) is 5.84. The zero-order valence-corrected chi connectivity index (χ0v) is 12.0. The van der Waals surface area contributed by atoms with Crippen LogP contribution in [0.3, 0.4) is 0 Å². The van der Waals surface area contributed by atoms with E-state index in [2.05, 4.69) is 35.9 Å². The molecular weight excluding hydrogens is 210 g/mol. The van der Waals surface area contributed by atoms with E-state index in [9.17, 15) is 0 Å². The molecule has 1 N–H and O–H groups in total. The summed E-state index contributed by atoms with van der Waals surface area (Å²) in [6.07, 6.45) is 3.88. The summed E-state index contributed by atoms with van der Waals surface area (Å²) in [6.45, 7) is 15.5. The number of piperazine rings is 1. The van der Waals surface area contributed by atoms with Crippen LogP contribution in [0.2, 0.25) is 0 Å². The first-order valence-corrected chi connectivity index (χ1v) is 7.45. The van der Waals surface area contributed by atoms with Crippen LogP contribution < -0.4 is 5.32 Å². The first kappa shape index (κ1) is 14.9. The van der Waals surface area contributed by atoms with Crippen LogP contribution in [0.15, 0.2) is 0 Å². The molecule has 1 saturated heterocycles. The van der Waals surface area contributed by atoms with Crippen molar-refractivity contribution in [2.45, 2.75) is 46.1 Å². The van der Waals surface area contributed by atoms with Crippen molar-refractivity contribution in [3.63, 3.8) is 0 Å². The topological polar surface area (TPSA) is 18.5 Å². The molecule has 1 rings (SSSR count). The summed E-state index contributed by atoms with van der Waals surface area (Å²) < 4.78 is 0. The summed E-state index contributed by atoms with van der Waals surface area (Å²) in [6, 6.07) is 0.690. The van der Waals surface area contributed by atoms with Crippen molar-refractivity contribution in [2.75, 3.05) is 45.8 Å². The maximum Gasteiger partial charge on any atom is 0.0193 e. The maximum absolute atomic E-state index is 3.56. The van der Waals surface area contributed by atoms with Crippen molar-refractivity contribution in [3.05, 3.63) is 0 Å². The van der Waals surface area contributed by atoms with Crippen molar-refractivity contribution < 1.29 is 0 Å². The second-order valence-corrected chi connectivity index (χ2v) is 5.28. The molecule has 1 heterocycles. The second kappa shape index (κ2) is 8.90. The molecule has 0 saturated carbocycles. The highest BCUT2D eigenvalue weighted by atomic mass is 15.3. The fourth-order valence-electron chi connectivity index (χ4n) is 2.49. The molecule has 1 fully saturated rings. The highest BCUT2D eigenvalue weighted by molar-refractivity contribution is 4.77. The van der Waals surface area contributed by atoms with Crippen LogP contribution in [0.1, 0.15) is 40.0 Å². The lowest BCUT2D eigenvalue weighted by Gasteiger charge is -2.38. The molecule has 0 spiro atoms. The standard InChI is InChI=1S/C14H31N3/c1-4-6-7-15-13-14(3)17-11-9-16(8-5-2)10-12-17/h14-15H,4-13H2,1-3H3. The Morgan fingerprint density at radius 1 is 1.06 bits per heavy atom. The fraction of sp³-hybridized carbons (Fsp3) is 1.00. The Morgan fingerprint density at radius 3 is 2.35 bits per heavy atom. The number of nitrogens with one attached hydrogen (secondary N) is 1. The Balaban J connectivity index is 2.10. The van der Waals surface area contributed by atoms with Crippen molar-refractivity contribution in [1.82, 2.24) is 15.1 Å². The highest BCUT2D eigenvalue weighted by Gasteiger charge is 2.19. The number of hydrogen-bond donors (Lipinski definition) is 1. The molecule has 3 heteroatoms. The van der Waals surface area contributed by atoms with Crippen molar-refractivity contribution in [3.8, 4) is 0 Å². The van der Waals surface area contributed by atoms with Gasteiger partial charge in [0, 0.05) is 38.8 Å². The molecule has 0 bridgehead atoms. The smallest absolute Gasteiger partial charge is 0.0193 e. The summed E-state index contributed by atoms with van der Waals surface area (Å²) in [5, 5.41) is 3.56. The van der Waals surface area contributed by atoms with E-state index in [-0.39, 0.29) is 0 Å². The van der Waals surface area contributed by atoms with Gasteiger partial charge in [0.25, 0.3) is 0 Å². The van der Waals surface area contributed by atoms with Gasteiger partial charge < -0.3 is 10.2 Å². The highest BCUT2D eigenvalue weighted by Crippen LogP contribution is 2.06. The zero-order chi connectivity index (χ0) is 12.5. The van der Waals surface area contributed by atoms with Crippen molar-refractivity contribution >= 4 is 0 Å². The van der Waals surface area contributed by atoms with Gasteiger partial charge in [0.05, 0.1) is 0 Å². The summed E-state index contributed by atoms with van der Waals surface area (Å²) in [5.41, 5.74) is 0. The Hall–Kier alpha value is -0.120. The monoisotopic (exact) mass is 241 g/mol. The summed E-state index contributed by atoms with van der Waals surface area (Å²) in [7, 11) is 0. The number of unbranched alkanes of at least 4 members (excludes halogenated alkanes) is 1. The Morgan fingerprint density at radius 2 is 1.76 bits per heavy atom. The van der Waals surface area contributed by atoms with Crippen LogP contribution in [0.25, 0.3) is 0 Å². The summed E-state index contributed by atoms with van der Waals surface area (Å²) >= 11 is 0. The fourth-order valence-corrected chi connectivity index (χ4v) is 2.49. The van der Waals surface area contributed by atoms with Crippen molar-refractivity contribution in [2.24, 2.45) is 0 Å². The Bertz CT molecular complexity index is 176. The van der Waals surface area contributed by atoms with E-state index in [1.54, 1.807) is 0 Å². The number of rotatable bonds is 8. The van der Waals surface area contributed by atoms with E-state index in [1.807, 2.05) is 0 Å². The van der Waals surface area contributed by atoms with Gasteiger partial charge in [-0.3, -0.25) is 4.90 Å². The molecule has 1 aliphatic heterocycles. The molecule has 1 aliphatic rings. The predicted molar refractivity (Wildman–Crippen MR) is 75.5 cm³/mol. The Kier molecular flexibility index (Phi) is 7.82. The Labute approximate surface area is 108 Å². The molecule has 3 nitrogen and oxygen atoms in total. The number of nitrogens with zero attached hydrogens (tertiary/aromatic N) is 2. The lowest BCUT2D eigenvalue weighted by Crippen LogP contribution is -2.51. The molecule has 0 aliphatic carbocycles. The van der Waals surface area contributed by atoms with Gasteiger partial charge in [0.1, 0.15) is 0 Å². The van der Waals surface area contributed by atoms with Gasteiger partial charge in [-0.25, -0.2) is 0 Å². The summed E-state index contributed by atoms with van der Waals surface area (Å²) in [4.78, 5) is 5.22. The molecule has 0 radical (unpaired) electrons. The predicted octanol–water partition coefficient (Wildman–Crippen LogP) is 1.79. The first-order valence-electron chi connectivity index (χ1n) is 7.45. The van der Waals surface area contributed by atoms with Crippen LogP contribution in [-0.4, -0.2) is 61.7 Å². The lowest BCUT2D eigenvalue weighted by atomic mass is 10.2. The van der Waals surface area contributed by atoms with Gasteiger partial charge in [0.2, 0.25) is 0 Å². The molecule has 0 amide bonds. The van der Waals surface area contributed by atoms with Crippen LogP contribution in [0.4, 0.5) is 0 Å². The molecule has 1 atom stereocenters. The largest absolute Gasteiger partial charge is 0.315 e. The van der Waals surface area contributed by atoms with Gasteiger partial charge in [0.15, 0.2) is 0 Å². The normalized spacial score (nSPS) is 20.6. The first-order chi connectivity index (χ1) is 8.27. The van der Waals surface area contributed by atoms with E-state index < -0.39 is 0 Å². The SMILES string of the molecule is CCCCNCC(C)N1CCN(CCC)CC1. The minimum absolute atomic E-state index is 0.690. The molecule has 1 unspecified atom stereocenters. The van der Waals surface area contributed by atoms with Crippen LogP contribution in [-0.2, 0) is 0 Å². The van der Waals surface area contributed by atoms with E-state index in [0.29, 0.717) is 6.04 Å². The van der Waals surface area contributed by atoms with Crippen LogP contribution in [0.5, 0.6) is 0 Å². The van der Waals surface area contributed by atoms with E-state index in [1.165, 1.54) is 58.5 Å². The van der Waals surface area contributed by atoms with E-state index in [4.69, 9.17) is 0 Å². The third-order valence-corrected chi connectivity index (χ3v) is 3.72. The maximum atomic E-state index is 3.56. The van der Waals surface area contributed by atoms with Crippen molar-refractivity contribution in [1.29, 1.82) is 0 Å². The average Bonchev–Trinajstić information content (AvgIpc) is 2.36. The van der Waals surface area contributed by atoms with Gasteiger partial charge in [-0.05, 0) is 32.9 Å². The van der Waals surface area contributed by atoms with Gasteiger partial charge in [-0.2, -0.15) is 0 Å². The van der Waals surface area contributed by atoms with Gasteiger partial charge >= 0.3 is 0 Å². The average molecular weight is 241 g/mol. The molecule has 0 aromatic rings. The third-order valence-electron chi connectivity index (χ3n) is 3.72. The van der Waals surface area contributed by atoms with E-state index in [0.717, 1.165) is 6.54 Å². The quantitative estimate of drug-likeness (QED) is 0.654. The summed E-state index contributed by atoms with van der Waals surface area (Å²) in [5.74, 6) is 0. The zero-order valence-electron chi connectivity index (χ0n) is 12.0. The lowest BCUT2D eigenvalue weighted by molar-refractivity contribution is 0.102. The number of hydrogen-bond acceptors (Lipinski definition) is 3. The van der Waals surface area contributed by atoms with Crippen LogP contribution in [0, 0.1) is 0 Å². The molecule has 102 valence electrons.